The fourth-order valence-corrected chi connectivity index (χ4v) is 1.64. The van der Waals surface area contributed by atoms with Gasteiger partial charge in [-0.15, -0.1) is 0 Å². The summed E-state index contributed by atoms with van der Waals surface area (Å²) in [6.07, 6.45) is 0. The van der Waals surface area contributed by atoms with Crippen molar-refractivity contribution < 1.29 is 9.66 Å². The molecule has 0 atom stereocenters. The average molecular weight is 259 g/mol. The number of ether oxygens (including phenoxy) is 1. The number of nitro groups is 1. The van der Waals surface area contributed by atoms with Crippen LogP contribution in [0.5, 0.6) is 5.75 Å². The van der Waals surface area contributed by atoms with Crippen molar-refractivity contribution in [3.63, 3.8) is 0 Å². The minimum absolute atomic E-state index is 0.0481. The lowest BCUT2D eigenvalue weighted by Crippen LogP contribution is -2.01. The Labute approximate surface area is 110 Å². The molecule has 1 heterocycles. The second-order valence-corrected chi connectivity index (χ2v) is 4.05. The summed E-state index contributed by atoms with van der Waals surface area (Å²) in [6.45, 7) is 2.03. The molecule has 0 bridgehead atoms. The highest BCUT2D eigenvalue weighted by atomic mass is 16.6. The molecule has 0 aliphatic rings. The third-order valence-corrected chi connectivity index (χ3v) is 2.57. The van der Waals surface area contributed by atoms with Gasteiger partial charge in [-0.05, 0) is 30.7 Å². The van der Waals surface area contributed by atoms with Crippen LogP contribution in [0.25, 0.3) is 0 Å². The molecule has 0 radical (unpaired) electrons. The molecule has 98 valence electrons. The maximum absolute atomic E-state index is 10.6. The largest absolute Gasteiger partial charge is 0.487 e. The fourth-order valence-electron chi connectivity index (χ4n) is 1.64. The summed E-state index contributed by atoms with van der Waals surface area (Å²) in [7, 11) is 0. The molecule has 6 nitrogen and oxygen atoms in total. The second kappa shape index (κ2) is 5.34. The van der Waals surface area contributed by atoms with Gasteiger partial charge in [-0.1, -0.05) is 6.07 Å². The number of nitrogens with two attached hydrogens (primary N) is 1. The van der Waals surface area contributed by atoms with Crippen molar-refractivity contribution in [2.75, 3.05) is 5.73 Å². The van der Waals surface area contributed by atoms with Crippen molar-refractivity contribution in [2.45, 2.75) is 13.5 Å². The van der Waals surface area contributed by atoms with Gasteiger partial charge in [0.05, 0.1) is 10.6 Å². The van der Waals surface area contributed by atoms with Crippen molar-refractivity contribution in [3.8, 4) is 5.75 Å². The number of anilines is 1. The predicted molar refractivity (Wildman–Crippen MR) is 70.8 cm³/mol. The van der Waals surface area contributed by atoms with Crippen molar-refractivity contribution in [1.82, 2.24) is 4.98 Å². The molecule has 2 rings (SSSR count). The summed E-state index contributed by atoms with van der Waals surface area (Å²) in [4.78, 5) is 14.3. The van der Waals surface area contributed by atoms with Crippen molar-refractivity contribution >= 4 is 11.5 Å². The number of benzene rings is 1. The quantitative estimate of drug-likeness (QED) is 0.672. The molecule has 0 fully saturated rings. The number of hydrogen-bond donors (Lipinski definition) is 1. The molecule has 0 saturated heterocycles. The van der Waals surface area contributed by atoms with Crippen LogP contribution in [0, 0.1) is 17.0 Å². The van der Waals surface area contributed by atoms with Gasteiger partial charge < -0.3 is 10.5 Å². The smallest absolute Gasteiger partial charge is 0.269 e. The monoisotopic (exact) mass is 259 g/mol. The normalized spacial score (nSPS) is 10.2. The van der Waals surface area contributed by atoms with E-state index in [0.717, 1.165) is 0 Å². The number of aromatic nitrogens is 1. The molecule has 2 aromatic rings. The molecule has 6 heteroatoms. The summed E-state index contributed by atoms with van der Waals surface area (Å²) in [5.41, 5.74) is 7.03. The minimum Gasteiger partial charge on any atom is -0.487 e. The highest BCUT2D eigenvalue weighted by molar-refractivity contribution is 5.43. The van der Waals surface area contributed by atoms with Gasteiger partial charge in [-0.3, -0.25) is 10.1 Å². The lowest BCUT2D eigenvalue weighted by atomic mass is 10.2. The van der Waals surface area contributed by atoms with Crippen LogP contribution in [-0.2, 0) is 6.61 Å². The number of aryl methyl sites for hydroxylation is 1. The van der Waals surface area contributed by atoms with Gasteiger partial charge >= 0.3 is 0 Å². The Morgan fingerprint density at radius 1 is 1.37 bits per heavy atom. The zero-order valence-corrected chi connectivity index (χ0v) is 10.4. The maximum Gasteiger partial charge on any atom is 0.269 e. The van der Waals surface area contributed by atoms with Crippen molar-refractivity contribution in [1.29, 1.82) is 0 Å². The van der Waals surface area contributed by atoms with Crippen molar-refractivity contribution in [2.24, 2.45) is 0 Å². The Morgan fingerprint density at radius 3 is 2.79 bits per heavy atom. The lowest BCUT2D eigenvalue weighted by molar-refractivity contribution is -0.384. The molecular weight excluding hydrogens is 246 g/mol. The van der Waals surface area contributed by atoms with E-state index in [1.54, 1.807) is 31.2 Å². The molecule has 0 aliphatic carbocycles. The van der Waals surface area contributed by atoms with Crippen molar-refractivity contribution in [3.05, 3.63) is 57.8 Å². The van der Waals surface area contributed by atoms with E-state index in [1.165, 1.54) is 12.1 Å². The number of nitrogen functional groups attached to an aromatic ring is 1. The molecule has 0 spiro atoms. The Hall–Kier alpha value is -2.63. The summed E-state index contributed by atoms with van der Waals surface area (Å²) < 4.78 is 5.57. The summed E-state index contributed by atoms with van der Waals surface area (Å²) >= 11 is 0. The summed E-state index contributed by atoms with van der Waals surface area (Å²) in [6, 6.07) is 9.76. The minimum atomic E-state index is -0.434. The first-order valence-electron chi connectivity index (χ1n) is 5.65. The standard InChI is InChI=1S/C13H13N3O3/c1-9-7-11(16(17)18)5-6-12(9)19-8-10-3-2-4-13(14)15-10/h2-7H,8H2,1H3,(H2,14,15). The van der Waals surface area contributed by atoms with Crippen LogP contribution in [0.4, 0.5) is 11.5 Å². The third kappa shape index (κ3) is 3.19. The van der Waals surface area contributed by atoms with E-state index >= 15 is 0 Å². The highest BCUT2D eigenvalue weighted by Crippen LogP contribution is 2.23. The van der Waals surface area contributed by atoms with Crippen LogP contribution in [-0.4, -0.2) is 9.91 Å². The van der Waals surface area contributed by atoms with E-state index in [2.05, 4.69) is 4.98 Å². The molecule has 2 N–H and O–H groups in total. The van der Waals surface area contributed by atoms with Gasteiger partial charge in [0.25, 0.3) is 5.69 Å². The van der Waals surface area contributed by atoms with Gasteiger partial charge in [-0.25, -0.2) is 4.98 Å². The number of rotatable bonds is 4. The Balaban J connectivity index is 2.10. The van der Waals surface area contributed by atoms with Crippen LogP contribution in [0.15, 0.2) is 36.4 Å². The van der Waals surface area contributed by atoms with E-state index in [9.17, 15) is 10.1 Å². The van der Waals surface area contributed by atoms with Crippen LogP contribution in [0.3, 0.4) is 0 Å². The zero-order chi connectivity index (χ0) is 13.8. The van der Waals surface area contributed by atoms with E-state index in [1.807, 2.05) is 0 Å². The summed E-state index contributed by atoms with van der Waals surface area (Å²) in [5.74, 6) is 1.02. The summed E-state index contributed by atoms with van der Waals surface area (Å²) in [5, 5.41) is 10.6. The number of nitrogens with zero attached hydrogens (tertiary/aromatic N) is 2. The molecule has 0 saturated carbocycles. The predicted octanol–water partition coefficient (Wildman–Crippen LogP) is 2.46. The highest BCUT2D eigenvalue weighted by Gasteiger charge is 2.09. The van der Waals surface area contributed by atoms with Gasteiger partial charge in [0.15, 0.2) is 0 Å². The van der Waals surface area contributed by atoms with Gasteiger partial charge in [0.1, 0.15) is 18.2 Å². The number of hydrogen-bond acceptors (Lipinski definition) is 5. The van der Waals surface area contributed by atoms with Crippen LogP contribution < -0.4 is 10.5 Å². The maximum atomic E-state index is 10.6. The molecule has 1 aromatic heterocycles. The third-order valence-electron chi connectivity index (χ3n) is 2.57. The number of nitro benzene ring substituents is 1. The Kier molecular flexibility index (Phi) is 3.61. The molecule has 0 unspecified atom stereocenters. The topological polar surface area (TPSA) is 91.3 Å². The number of pyridine rings is 1. The fraction of sp³-hybridized carbons (Fsp3) is 0.154. The average Bonchev–Trinajstić information content (AvgIpc) is 2.37. The number of non-ortho nitro benzene ring substituents is 1. The molecule has 0 aliphatic heterocycles. The molecule has 0 amide bonds. The van der Waals surface area contributed by atoms with Crippen LogP contribution >= 0.6 is 0 Å². The first kappa shape index (κ1) is 12.8. The van der Waals surface area contributed by atoms with E-state index in [4.69, 9.17) is 10.5 Å². The van der Waals surface area contributed by atoms with Gasteiger partial charge in [0.2, 0.25) is 0 Å². The Bertz CT molecular complexity index is 614. The molecular formula is C13H13N3O3. The van der Waals surface area contributed by atoms with E-state index in [-0.39, 0.29) is 12.3 Å². The first-order valence-corrected chi connectivity index (χ1v) is 5.65. The Morgan fingerprint density at radius 2 is 2.16 bits per heavy atom. The zero-order valence-electron chi connectivity index (χ0n) is 10.4. The van der Waals surface area contributed by atoms with Crippen LogP contribution in [0.2, 0.25) is 0 Å². The van der Waals surface area contributed by atoms with E-state index < -0.39 is 4.92 Å². The van der Waals surface area contributed by atoms with Crippen LogP contribution in [0.1, 0.15) is 11.3 Å². The lowest BCUT2D eigenvalue weighted by Gasteiger charge is -2.08. The molecule has 1 aromatic carbocycles. The second-order valence-electron chi connectivity index (χ2n) is 4.05. The van der Waals surface area contributed by atoms with E-state index in [0.29, 0.717) is 22.8 Å². The first-order chi connectivity index (χ1) is 9.06. The molecule has 19 heavy (non-hydrogen) atoms. The SMILES string of the molecule is Cc1cc([N+](=O)[O-])ccc1OCc1cccc(N)n1. The van der Waals surface area contributed by atoms with Gasteiger partial charge in [-0.2, -0.15) is 0 Å². The van der Waals surface area contributed by atoms with Gasteiger partial charge in [0, 0.05) is 12.1 Å².